The van der Waals surface area contributed by atoms with Crippen LogP contribution in [0.15, 0.2) is 12.1 Å². The Labute approximate surface area is 111 Å². The van der Waals surface area contributed by atoms with Gasteiger partial charge in [-0.3, -0.25) is 0 Å². The fourth-order valence-electron chi connectivity index (χ4n) is 1.42. The molecule has 18 heavy (non-hydrogen) atoms. The normalized spacial score (nSPS) is 14.7. The van der Waals surface area contributed by atoms with Gasteiger partial charge in [-0.05, 0) is 36.6 Å². The molecule has 0 radical (unpaired) electrons. The first-order valence-electron chi connectivity index (χ1n) is 4.83. The summed E-state index contributed by atoms with van der Waals surface area (Å²) >= 11 is 11.0. The lowest BCUT2D eigenvalue weighted by Gasteiger charge is -2.26. The molecular formula is C11H9Cl2F5. The highest BCUT2D eigenvalue weighted by atomic mass is 35.5. The van der Waals surface area contributed by atoms with E-state index in [-0.39, 0.29) is 16.1 Å². The van der Waals surface area contributed by atoms with Gasteiger partial charge in [0.05, 0.1) is 0 Å². The zero-order valence-corrected chi connectivity index (χ0v) is 10.9. The van der Waals surface area contributed by atoms with Crippen LogP contribution in [-0.4, -0.2) is 12.1 Å². The van der Waals surface area contributed by atoms with Gasteiger partial charge in [-0.15, -0.1) is 11.6 Å². The van der Waals surface area contributed by atoms with E-state index in [1.807, 2.05) is 0 Å². The lowest BCUT2D eigenvalue weighted by atomic mass is 9.99. The van der Waals surface area contributed by atoms with E-state index in [0.717, 1.165) is 6.07 Å². The van der Waals surface area contributed by atoms with Gasteiger partial charge in [0.25, 0.3) is 0 Å². The number of hydrogen-bond acceptors (Lipinski definition) is 0. The molecule has 0 heterocycles. The first-order valence-corrected chi connectivity index (χ1v) is 5.65. The molecule has 102 valence electrons. The molecule has 1 aromatic carbocycles. The largest absolute Gasteiger partial charge is 0.455 e. The van der Waals surface area contributed by atoms with Crippen molar-refractivity contribution in [2.24, 2.45) is 0 Å². The Morgan fingerprint density at radius 1 is 1.00 bits per heavy atom. The molecule has 7 heteroatoms. The highest BCUT2D eigenvalue weighted by Crippen LogP contribution is 2.48. The second-order valence-corrected chi connectivity index (χ2v) is 4.78. The predicted molar refractivity (Wildman–Crippen MR) is 60.5 cm³/mol. The van der Waals surface area contributed by atoms with Crippen LogP contribution >= 0.6 is 23.2 Å². The summed E-state index contributed by atoms with van der Waals surface area (Å²) in [7, 11) is 0. The molecule has 0 saturated heterocycles. The summed E-state index contributed by atoms with van der Waals surface area (Å²) in [6.07, 6.45) is -5.70. The fraction of sp³-hybridized carbons (Fsp3) is 0.455. The van der Waals surface area contributed by atoms with Crippen molar-refractivity contribution in [3.8, 4) is 0 Å². The van der Waals surface area contributed by atoms with E-state index in [4.69, 9.17) is 23.2 Å². The van der Waals surface area contributed by atoms with E-state index in [1.54, 1.807) is 0 Å². The molecule has 1 rings (SSSR count). The van der Waals surface area contributed by atoms with Crippen LogP contribution in [0.4, 0.5) is 22.0 Å². The van der Waals surface area contributed by atoms with E-state index in [2.05, 4.69) is 0 Å². The van der Waals surface area contributed by atoms with Crippen LogP contribution in [0.2, 0.25) is 5.02 Å². The molecule has 1 unspecified atom stereocenters. The summed E-state index contributed by atoms with van der Waals surface area (Å²) in [5.41, 5.74) is 0.302. The second kappa shape index (κ2) is 4.85. The fourth-order valence-corrected chi connectivity index (χ4v) is 1.99. The Bertz CT molecular complexity index is 453. The van der Waals surface area contributed by atoms with Gasteiger partial charge in [0.15, 0.2) is 0 Å². The summed E-state index contributed by atoms with van der Waals surface area (Å²) in [5.74, 6) is -5.00. The summed E-state index contributed by atoms with van der Waals surface area (Å²) in [4.78, 5) is 0. The Hall–Kier alpha value is -0.550. The Morgan fingerprint density at radius 3 is 1.94 bits per heavy atom. The van der Waals surface area contributed by atoms with Gasteiger partial charge in [0.2, 0.25) is 0 Å². The van der Waals surface area contributed by atoms with Crippen LogP contribution in [0.1, 0.15) is 22.1 Å². The second-order valence-electron chi connectivity index (χ2n) is 3.94. The molecule has 0 nitrogen and oxygen atoms in total. The molecule has 0 saturated carbocycles. The Morgan fingerprint density at radius 2 is 1.50 bits per heavy atom. The van der Waals surface area contributed by atoms with E-state index in [1.165, 1.54) is 19.9 Å². The van der Waals surface area contributed by atoms with Crippen molar-refractivity contribution in [1.29, 1.82) is 0 Å². The average molecular weight is 307 g/mol. The summed E-state index contributed by atoms with van der Waals surface area (Å²) in [6, 6.07) is 2.46. The zero-order chi connectivity index (χ0) is 14.3. The van der Waals surface area contributed by atoms with Gasteiger partial charge in [0.1, 0.15) is 5.38 Å². The average Bonchev–Trinajstić information content (AvgIpc) is 2.20. The van der Waals surface area contributed by atoms with Crippen molar-refractivity contribution >= 4 is 23.2 Å². The van der Waals surface area contributed by atoms with Crippen molar-refractivity contribution < 1.29 is 22.0 Å². The quantitative estimate of drug-likeness (QED) is 0.504. The van der Waals surface area contributed by atoms with Crippen LogP contribution in [0.5, 0.6) is 0 Å². The van der Waals surface area contributed by atoms with Gasteiger partial charge >= 0.3 is 12.1 Å². The molecular weight excluding hydrogens is 298 g/mol. The number of hydrogen-bond donors (Lipinski definition) is 0. The lowest BCUT2D eigenvalue weighted by Crippen LogP contribution is -2.40. The van der Waals surface area contributed by atoms with Crippen LogP contribution in [0.3, 0.4) is 0 Å². The minimum absolute atomic E-state index is 0.189. The van der Waals surface area contributed by atoms with Gasteiger partial charge in [-0.25, -0.2) is 0 Å². The molecule has 0 N–H and O–H groups in total. The molecule has 0 aliphatic rings. The van der Waals surface area contributed by atoms with E-state index in [0.29, 0.717) is 5.56 Å². The molecule has 0 spiro atoms. The molecule has 0 aliphatic heterocycles. The first kappa shape index (κ1) is 15.5. The van der Waals surface area contributed by atoms with Gasteiger partial charge in [-0.1, -0.05) is 17.7 Å². The molecule has 1 aromatic rings. The molecule has 0 bridgehead atoms. The van der Waals surface area contributed by atoms with Crippen molar-refractivity contribution in [2.45, 2.75) is 31.3 Å². The van der Waals surface area contributed by atoms with Crippen molar-refractivity contribution in [3.05, 3.63) is 33.8 Å². The Kier molecular flexibility index (Phi) is 4.18. The molecule has 0 aromatic heterocycles. The smallest absolute Gasteiger partial charge is 0.194 e. The van der Waals surface area contributed by atoms with Crippen LogP contribution in [-0.2, 0) is 0 Å². The number of halogens is 7. The maximum absolute atomic E-state index is 13.1. The Balaban J connectivity index is 3.27. The summed E-state index contributed by atoms with van der Waals surface area (Å²) < 4.78 is 62.9. The number of rotatable bonds is 2. The standard InChI is InChI=1S/C11H9Cl2F5/c1-5-4-8(12)6(2)3-7(5)9(13)10(14,15)11(16,17)18/h3-4,9H,1-2H3. The van der Waals surface area contributed by atoms with E-state index < -0.39 is 17.5 Å². The van der Waals surface area contributed by atoms with Crippen molar-refractivity contribution in [2.75, 3.05) is 0 Å². The molecule has 1 atom stereocenters. The van der Waals surface area contributed by atoms with Gasteiger partial charge < -0.3 is 0 Å². The minimum atomic E-state index is -5.70. The third-order valence-corrected chi connectivity index (χ3v) is 3.43. The summed E-state index contributed by atoms with van der Waals surface area (Å²) in [6.45, 7) is 2.88. The van der Waals surface area contributed by atoms with Crippen molar-refractivity contribution in [1.82, 2.24) is 0 Å². The zero-order valence-electron chi connectivity index (χ0n) is 9.38. The molecule has 0 fully saturated rings. The first-order chi connectivity index (χ1) is 7.98. The highest BCUT2D eigenvalue weighted by Gasteiger charge is 2.62. The van der Waals surface area contributed by atoms with E-state index >= 15 is 0 Å². The maximum Gasteiger partial charge on any atom is 0.455 e. The predicted octanol–water partition coefficient (Wildman–Crippen LogP) is 5.43. The molecule has 0 amide bonds. The SMILES string of the molecule is Cc1cc(C(Cl)C(F)(F)C(F)(F)F)c(C)cc1Cl. The minimum Gasteiger partial charge on any atom is -0.194 e. The van der Waals surface area contributed by atoms with Crippen molar-refractivity contribution in [3.63, 3.8) is 0 Å². The third-order valence-electron chi connectivity index (χ3n) is 2.52. The number of aryl methyl sites for hydroxylation is 2. The molecule has 0 aliphatic carbocycles. The number of alkyl halides is 6. The highest BCUT2D eigenvalue weighted by molar-refractivity contribution is 6.31. The lowest BCUT2D eigenvalue weighted by molar-refractivity contribution is -0.283. The monoisotopic (exact) mass is 306 g/mol. The van der Waals surface area contributed by atoms with Gasteiger partial charge in [-0.2, -0.15) is 22.0 Å². The van der Waals surface area contributed by atoms with Crippen LogP contribution in [0.25, 0.3) is 0 Å². The van der Waals surface area contributed by atoms with Crippen LogP contribution in [0, 0.1) is 13.8 Å². The summed E-state index contributed by atoms with van der Waals surface area (Å²) in [5, 5.41) is -2.19. The number of benzene rings is 1. The topological polar surface area (TPSA) is 0 Å². The van der Waals surface area contributed by atoms with E-state index in [9.17, 15) is 22.0 Å². The van der Waals surface area contributed by atoms with Gasteiger partial charge in [0, 0.05) is 5.02 Å². The van der Waals surface area contributed by atoms with Crippen LogP contribution < -0.4 is 0 Å². The third kappa shape index (κ3) is 2.72. The maximum atomic E-state index is 13.1.